The van der Waals surface area contributed by atoms with Crippen molar-refractivity contribution >= 4 is 11.9 Å². The van der Waals surface area contributed by atoms with E-state index in [1.165, 1.54) is 0 Å². The Morgan fingerprint density at radius 2 is 1.95 bits per heavy atom. The van der Waals surface area contributed by atoms with Gasteiger partial charge in [-0.3, -0.25) is 4.79 Å². The second-order valence-corrected chi connectivity index (χ2v) is 5.69. The van der Waals surface area contributed by atoms with Crippen LogP contribution in [-0.4, -0.2) is 54.1 Å². The molecule has 3 heterocycles. The molecular formula is C15H22N4O2. The largest absolute Gasteiger partial charge is 0.481 e. The van der Waals surface area contributed by atoms with Gasteiger partial charge in [-0.25, -0.2) is 4.98 Å². The van der Waals surface area contributed by atoms with E-state index in [2.05, 4.69) is 14.9 Å². The number of anilines is 1. The first-order valence-corrected chi connectivity index (χ1v) is 7.68. The van der Waals surface area contributed by atoms with E-state index in [1.54, 1.807) is 19.4 Å². The lowest BCUT2D eigenvalue weighted by atomic mass is 9.95. The molecule has 0 saturated carbocycles. The van der Waals surface area contributed by atoms with Crippen molar-refractivity contribution in [1.29, 1.82) is 0 Å². The molecule has 1 amide bonds. The molecular weight excluding hydrogens is 268 g/mol. The van der Waals surface area contributed by atoms with Gasteiger partial charge in [-0.2, -0.15) is 4.98 Å². The minimum absolute atomic E-state index is 0.171. The molecule has 6 heteroatoms. The molecule has 1 aromatic rings. The van der Waals surface area contributed by atoms with Gasteiger partial charge in [-0.05, 0) is 25.7 Å². The predicted octanol–water partition coefficient (Wildman–Crippen LogP) is 1.32. The Balaban J connectivity index is 1.58. The summed E-state index contributed by atoms with van der Waals surface area (Å²) < 4.78 is 5.13. The van der Waals surface area contributed by atoms with Gasteiger partial charge in [-0.1, -0.05) is 0 Å². The number of carbonyl (C=O) groups excluding carboxylic acids is 1. The second kappa shape index (κ2) is 6.28. The fourth-order valence-corrected chi connectivity index (χ4v) is 3.12. The summed E-state index contributed by atoms with van der Waals surface area (Å²) in [6.07, 6.45) is 5.79. The Morgan fingerprint density at radius 1 is 1.24 bits per heavy atom. The standard InChI is InChI=1S/C15H22N4O2/c1-21-13-4-7-16-15(17-13)19-10-5-12(6-11-19)14(20)18-8-2-3-9-18/h4,7,12H,2-3,5-6,8-11H2,1H3. The molecule has 1 aromatic heterocycles. The summed E-state index contributed by atoms with van der Waals surface area (Å²) >= 11 is 0. The molecule has 0 N–H and O–H groups in total. The van der Waals surface area contributed by atoms with Gasteiger partial charge in [0.15, 0.2) is 0 Å². The van der Waals surface area contributed by atoms with Crippen LogP contribution in [0.15, 0.2) is 12.3 Å². The van der Waals surface area contributed by atoms with Crippen LogP contribution in [0.4, 0.5) is 5.95 Å². The van der Waals surface area contributed by atoms with Gasteiger partial charge >= 0.3 is 0 Å². The minimum atomic E-state index is 0.171. The summed E-state index contributed by atoms with van der Waals surface area (Å²) in [7, 11) is 1.60. The van der Waals surface area contributed by atoms with Crippen molar-refractivity contribution in [2.24, 2.45) is 5.92 Å². The summed E-state index contributed by atoms with van der Waals surface area (Å²) in [6.45, 7) is 3.55. The quantitative estimate of drug-likeness (QED) is 0.840. The van der Waals surface area contributed by atoms with Gasteiger partial charge in [0.2, 0.25) is 17.7 Å². The summed E-state index contributed by atoms with van der Waals surface area (Å²) in [4.78, 5) is 25.2. The Labute approximate surface area is 125 Å². The second-order valence-electron chi connectivity index (χ2n) is 5.69. The molecule has 0 atom stereocenters. The lowest BCUT2D eigenvalue weighted by Gasteiger charge is -2.33. The third-order valence-electron chi connectivity index (χ3n) is 4.37. The van der Waals surface area contributed by atoms with Crippen LogP contribution in [-0.2, 0) is 4.79 Å². The summed E-state index contributed by atoms with van der Waals surface area (Å²) in [5.41, 5.74) is 0. The maximum Gasteiger partial charge on any atom is 0.228 e. The van der Waals surface area contributed by atoms with Crippen LogP contribution >= 0.6 is 0 Å². The molecule has 114 valence electrons. The van der Waals surface area contributed by atoms with Gasteiger partial charge in [0.05, 0.1) is 7.11 Å². The monoisotopic (exact) mass is 290 g/mol. The average Bonchev–Trinajstić information content (AvgIpc) is 3.09. The number of carbonyl (C=O) groups is 1. The predicted molar refractivity (Wildman–Crippen MR) is 79.3 cm³/mol. The van der Waals surface area contributed by atoms with Crippen LogP contribution in [0.1, 0.15) is 25.7 Å². The summed E-state index contributed by atoms with van der Waals surface area (Å²) in [5, 5.41) is 0. The zero-order valence-corrected chi connectivity index (χ0v) is 12.5. The SMILES string of the molecule is COc1ccnc(N2CCC(C(=O)N3CCCC3)CC2)n1. The molecule has 2 aliphatic heterocycles. The molecule has 3 rings (SSSR count). The van der Waals surface area contributed by atoms with E-state index in [9.17, 15) is 4.79 Å². The third kappa shape index (κ3) is 3.09. The molecule has 0 aromatic carbocycles. The van der Waals surface area contributed by atoms with Crippen molar-refractivity contribution in [3.05, 3.63) is 12.3 Å². The Kier molecular flexibility index (Phi) is 4.22. The summed E-state index contributed by atoms with van der Waals surface area (Å²) in [5.74, 6) is 1.79. The van der Waals surface area contributed by atoms with Crippen LogP contribution in [0.5, 0.6) is 5.88 Å². The Bertz CT molecular complexity index is 494. The molecule has 0 spiro atoms. The first kappa shape index (κ1) is 14.1. The van der Waals surface area contributed by atoms with Crippen LogP contribution in [0.2, 0.25) is 0 Å². The summed E-state index contributed by atoms with van der Waals surface area (Å²) in [6, 6.07) is 1.74. The van der Waals surface area contributed by atoms with Crippen molar-refractivity contribution in [2.75, 3.05) is 38.2 Å². The van der Waals surface area contributed by atoms with Crippen molar-refractivity contribution in [3.63, 3.8) is 0 Å². The number of ether oxygens (including phenoxy) is 1. The van der Waals surface area contributed by atoms with E-state index in [0.29, 0.717) is 17.7 Å². The van der Waals surface area contributed by atoms with Gasteiger partial charge in [-0.15, -0.1) is 0 Å². The molecule has 2 saturated heterocycles. The van der Waals surface area contributed by atoms with Crippen molar-refractivity contribution in [3.8, 4) is 5.88 Å². The molecule has 0 radical (unpaired) electrons. The van der Waals surface area contributed by atoms with E-state index in [1.807, 2.05) is 4.90 Å². The lowest BCUT2D eigenvalue weighted by molar-refractivity contribution is -0.135. The fraction of sp³-hybridized carbons (Fsp3) is 0.667. The molecule has 0 bridgehead atoms. The Morgan fingerprint density at radius 3 is 2.62 bits per heavy atom. The number of piperidine rings is 1. The highest BCUT2D eigenvalue weighted by atomic mass is 16.5. The average molecular weight is 290 g/mol. The van der Waals surface area contributed by atoms with Gasteiger partial charge in [0.1, 0.15) is 0 Å². The molecule has 2 aliphatic rings. The number of hydrogen-bond donors (Lipinski definition) is 0. The third-order valence-corrected chi connectivity index (χ3v) is 4.37. The number of hydrogen-bond acceptors (Lipinski definition) is 5. The van der Waals surface area contributed by atoms with Crippen LogP contribution in [0.3, 0.4) is 0 Å². The highest BCUT2D eigenvalue weighted by Gasteiger charge is 2.30. The van der Waals surface area contributed by atoms with E-state index >= 15 is 0 Å². The maximum absolute atomic E-state index is 12.4. The lowest BCUT2D eigenvalue weighted by Crippen LogP contribution is -2.42. The highest BCUT2D eigenvalue weighted by molar-refractivity contribution is 5.79. The smallest absolute Gasteiger partial charge is 0.228 e. The van der Waals surface area contributed by atoms with Gasteiger partial charge in [0, 0.05) is 44.4 Å². The van der Waals surface area contributed by atoms with Crippen LogP contribution < -0.4 is 9.64 Å². The zero-order chi connectivity index (χ0) is 14.7. The fourth-order valence-electron chi connectivity index (χ4n) is 3.12. The molecule has 6 nitrogen and oxygen atoms in total. The number of amides is 1. The number of likely N-dealkylation sites (tertiary alicyclic amines) is 1. The minimum Gasteiger partial charge on any atom is -0.481 e. The van der Waals surface area contributed by atoms with E-state index in [4.69, 9.17) is 4.74 Å². The Hall–Kier alpha value is -1.85. The van der Waals surface area contributed by atoms with Crippen molar-refractivity contribution in [2.45, 2.75) is 25.7 Å². The van der Waals surface area contributed by atoms with Crippen molar-refractivity contribution in [1.82, 2.24) is 14.9 Å². The zero-order valence-electron chi connectivity index (χ0n) is 12.5. The van der Waals surface area contributed by atoms with Gasteiger partial charge < -0.3 is 14.5 Å². The van der Waals surface area contributed by atoms with E-state index in [-0.39, 0.29) is 5.92 Å². The normalized spacial score (nSPS) is 19.9. The molecule has 21 heavy (non-hydrogen) atoms. The topological polar surface area (TPSA) is 58.6 Å². The molecule has 0 aliphatic carbocycles. The first-order valence-electron chi connectivity index (χ1n) is 7.68. The van der Waals surface area contributed by atoms with Crippen LogP contribution in [0.25, 0.3) is 0 Å². The van der Waals surface area contributed by atoms with Gasteiger partial charge in [0.25, 0.3) is 0 Å². The van der Waals surface area contributed by atoms with E-state index in [0.717, 1.165) is 51.9 Å². The van der Waals surface area contributed by atoms with E-state index < -0.39 is 0 Å². The van der Waals surface area contributed by atoms with Crippen molar-refractivity contribution < 1.29 is 9.53 Å². The first-order chi connectivity index (χ1) is 10.3. The number of nitrogens with zero attached hydrogens (tertiary/aromatic N) is 4. The highest BCUT2D eigenvalue weighted by Crippen LogP contribution is 2.24. The van der Waals surface area contributed by atoms with Crippen LogP contribution in [0, 0.1) is 5.92 Å². The molecule has 0 unspecified atom stereocenters. The maximum atomic E-state index is 12.4. The molecule has 2 fully saturated rings. The number of rotatable bonds is 3. The number of aromatic nitrogens is 2. The number of methoxy groups -OCH3 is 1.